The number of aromatic carboxylic acids is 1. The van der Waals surface area contributed by atoms with Gasteiger partial charge in [-0.2, -0.15) is 5.26 Å². The fourth-order valence-electron chi connectivity index (χ4n) is 1.48. The Bertz CT molecular complexity index is 763. The zero-order valence-electron chi connectivity index (χ0n) is 9.52. The second kappa shape index (κ2) is 4.73. The molecular formula is C10H4FN5O4. The van der Waals surface area contributed by atoms with Crippen LogP contribution in [0.25, 0.3) is 5.69 Å². The summed E-state index contributed by atoms with van der Waals surface area (Å²) in [7, 11) is 0. The van der Waals surface area contributed by atoms with E-state index in [0.29, 0.717) is 6.07 Å². The molecule has 0 aliphatic rings. The Morgan fingerprint density at radius 3 is 2.75 bits per heavy atom. The van der Waals surface area contributed by atoms with Crippen molar-refractivity contribution in [1.29, 1.82) is 5.26 Å². The van der Waals surface area contributed by atoms with Gasteiger partial charge in [-0.15, -0.1) is 5.10 Å². The topological polar surface area (TPSA) is 135 Å². The molecule has 9 nitrogen and oxygen atoms in total. The summed E-state index contributed by atoms with van der Waals surface area (Å²) in [4.78, 5) is 24.2. The van der Waals surface area contributed by atoms with Crippen LogP contribution in [0.4, 0.5) is 10.1 Å². The number of aromatic nitrogens is 3. The lowest BCUT2D eigenvalue weighted by Crippen LogP contribution is -2.07. The summed E-state index contributed by atoms with van der Waals surface area (Å²) in [6.45, 7) is 0. The largest absolute Gasteiger partial charge is 0.477 e. The third kappa shape index (κ3) is 2.15. The van der Waals surface area contributed by atoms with Gasteiger partial charge in [-0.1, -0.05) is 0 Å². The van der Waals surface area contributed by atoms with Crippen LogP contribution in [0.5, 0.6) is 0 Å². The first-order valence-electron chi connectivity index (χ1n) is 4.97. The lowest BCUT2D eigenvalue weighted by Gasteiger charge is -2.04. The van der Waals surface area contributed by atoms with Crippen LogP contribution in [-0.2, 0) is 0 Å². The van der Waals surface area contributed by atoms with Gasteiger partial charge in [0.05, 0.1) is 11.0 Å². The molecule has 0 atom stereocenters. The maximum absolute atomic E-state index is 13.8. The van der Waals surface area contributed by atoms with Crippen LogP contribution in [0.15, 0.2) is 18.5 Å². The molecule has 0 radical (unpaired) electrons. The summed E-state index contributed by atoms with van der Waals surface area (Å²) in [5.74, 6) is -2.89. The van der Waals surface area contributed by atoms with E-state index in [1.807, 2.05) is 0 Å². The van der Waals surface area contributed by atoms with Crippen LogP contribution < -0.4 is 0 Å². The molecule has 0 aliphatic heterocycles. The number of carboxylic acids is 1. The zero-order chi connectivity index (χ0) is 14.9. The molecule has 20 heavy (non-hydrogen) atoms. The summed E-state index contributed by atoms with van der Waals surface area (Å²) < 4.78 is 14.6. The maximum atomic E-state index is 13.8. The van der Waals surface area contributed by atoms with Crippen LogP contribution in [0.2, 0.25) is 0 Å². The lowest BCUT2D eigenvalue weighted by atomic mass is 10.1. The van der Waals surface area contributed by atoms with E-state index in [1.54, 1.807) is 6.07 Å². The van der Waals surface area contributed by atoms with Gasteiger partial charge in [-0.05, 0) is 6.07 Å². The molecule has 0 saturated heterocycles. The highest BCUT2D eigenvalue weighted by Gasteiger charge is 2.24. The van der Waals surface area contributed by atoms with Crippen LogP contribution in [0, 0.1) is 27.3 Å². The number of benzene rings is 1. The summed E-state index contributed by atoms with van der Waals surface area (Å²) in [5.41, 5.74) is -1.93. The third-order valence-electron chi connectivity index (χ3n) is 2.33. The number of hydrogen-bond acceptors (Lipinski definition) is 6. The van der Waals surface area contributed by atoms with E-state index in [4.69, 9.17) is 10.4 Å². The van der Waals surface area contributed by atoms with Gasteiger partial charge in [0.25, 0.3) is 11.5 Å². The number of rotatable bonds is 3. The van der Waals surface area contributed by atoms with Gasteiger partial charge >= 0.3 is 5.97 Å². The average Bonchev–Trinajstić information content (AvgIpc) is 2.86. The summed E-state index contributed by atoms with van der Waals surface area (Å²) in [5, 5.41) is 31.7. The van der Waals surface area contributed by atoms with E-state index >= 15 is 0 Å². The van der Waals surface area contributed by atoms with Gasteiger partial charge in [-0.25, -0.2) is 18.9 Å². The molecule has 1 aromatic carbocycles. The lowest BCUT2D eigenvalue weighted by molar-refractivity contribution is -0.385. The highest BCUT2D eigenvalue weighted by atomic mass is 19.1. The Morgan fingerprint density at radius 2 is 2.25 bits per heavy atom. The van der Waals surface area contributed by atoms with Crippen molar-refractivity contribution >= 4 is 11.7 Å². The van der Waals surface area contributed by atoms with Crippen molar-refractivity contribution in [1.82, 2.24) is 14.8 Å². The van der Waals surface area contributed by atoms with Crippen LogP contribution in [-0.4, -0.2) is 30.8 Å². The number of nitro benzene ring substituents is 1. The molecule has 0 unspecified atom stereocenters. The highest BCUT2D eigenvalue weighted by Crippen LogP contribution is 2.25. The van der Waals surface area contributed by atoms with Crippen molar-refractivity contribution in [2.75, 3.05) is 0 Å². The number of carboxylic acid groups (broad SMARTS) is 1. The predicted molar refractivity (Wildman–Crippen MR) is 59.6 cm³/mol. The van der Waals surface area contributed by atoms with E-state index in [-0.39, 0.29) is 11.5 Å². The minimum absolute atomic E-state index is 0.250. The summed E-state index contributed by atoms with van der Waals surface area (Å²) in [6.07, 6.45) is 0.994. The van der Waals surface area contributed by atoms with Gasteiger partial charge in [0.15, 0.2) is 5.82 Å². The molecule has 0 amide bonds. The molecule has 100 valence electrons. The van der Waals surface area contributed by atoms with Crippen molar-refractivity contribution in [2.24, 2.45) is 0 Å². The normalized spacial score (nSPS) is 10.0. The third-order valence-corrected chi connectivity index (χ3v) is 2.33. The number of nitro groups is 1. The van der Waals surface area contributed by atoms with Gasteiger partial charge in [-0.3, -0.25) is 10.1 Å². The quantitative estimate of drug-likeness (QED) is 0.649. The predicted octanol–water partition coefficient (Wildman–Crippen LogP) is 0.884. The highest BCUT2D eigenvalue weighted by molar-refractivity contribution is 5.93. The number of nitrogens with zero attached hydrogens (tertiary/aromatic N) is 5. The van der Waals surface area contributed by atoms with Gasteiger partial charge < -0.3 is 5.11 Å². The SMILES string of the molecule is N#Cc1ncn(-c2cc(C(=O)O)c([N+](=O)[O-])cc2F)n1. The number of nitriles is 1. The Hall–Kier alpha value is -3.35. The minimum atomic E-state index is -1.58. The molecule has 1 N–H and O–H groups in total. The second-order valence-electron chi connectivity index (χ2n) is 3.51. The first-order valence-corrected chi connectivity index (χ1v) is 4.97. The molecule has 1 aromatic heterocycles. The summed E-state index contributed by atoms with van der Waals surface area (Å²) >= 11 is 0. The van der Waals surface area contributed by atoms with E-state index in [1.165, 1.54) is 0 Å². The number of carbonyl (C=O) groups is 1. The fourth-order valence-corrected chi connectivity index (χ4v) is 1.48. The number of halogens is 1. The molecule has 0 fully saturated rings. The van der Waals surface area contributed by atoms with Crippen LogP contribution >= 0.6 is 0 Å². The average molecular weight is 277 g/mol. The molecule has 0 saturated carbocycles. The van der Waals surface area contributed by atoms with E-state index < -0.39 is 28.0 Å². The molecule has 0 bridgehead atoms. The molecular weight excluding hydrogens is 273 g/mol. The molecule has 2 aromatic rings. The standard InChI is InChI=1S/C10H4FN5O4/c11-6-2-7(16(19)20)5(10(17)18)1-8(6)15-4-13-9(3-12)14-15/h1-2,4H,(H,17,18). The molecule has 0 spiro atoms. The van der Waals surface area contributed by atoms with E-state index in [9.17, 15) is 19.3 Å². The van der Waals surface area contributed by atoms with Gasteiger partial charge in [0.1, 0.15) is 23.6 Å². The van der Waals surface area contributed by atoms with Crippen molar-refractivity contribution in [3.8, 4) is 11.8 Å². The molecule has 2 rings (SSSR count). The van der Waals surface area contributed by atoms with Crippen molar-refractivity contribution < 1.29 is 19.2 Å². The zero-order valence-corrected chi connectivity index (χ0v) is 9.52. The Labute approximate surface area is 109 Å². The van der Waals surface area contributed by atoms with Crippen molar-refractivity contribution in [3.05, 3.63) is 45.8 Å². The van der Waals surface area contributed by atoms with Crippen LogP contribution in [0.3, 0.4) is 0 Å². The first-order chi connectivity index (χ1) is 9.43. The van der Waals surface area contributed by atoms with E-state index in [2.05, 4.69) is 10.1 Å². The Kier molecular flexibility index (Phi) is 3.10. The Morgan fingerprint density at radius 1 is 1.55 bits per heavy atom. The number of hydrogen-bond donors (Lipinski definition) is 1. The smallest absolute Gasteiger partial charge is 0.342 e. The first kappa shape index (κ1) is 13.1. The maximum Gasteiger partial charge on any atom is 0.342 e. The monoisotopic (exact) mass is 277 g/mol. The minimum Gasteiger partial charge on any atom is -0.477 e. The van der Waals surface area contributed by atoms with Crippen molar-refractivity contribution in [3.63, 3.8) is 0 Å². The van der Waals surface area contributed by atoms with Gasteiger partial charge in [0, 0.05) is 0 Å². The summed E-state index contributed by atoms with van der Waals surface area (Å²) in [6, 6.07) is 2.85. The fraction of sp³-hybridized carbons (Fsp3) is 0. The van der Waals surface area contributed by atoms with Crippen molar-refractivity contribution in [2.45, 2.75) is 0 Å². The second-order valence-corrected chi connectivity index (χ2v) is 3.51. The molecule has 1 heterocycles. The van der Waals surface area contributed by atoms with E-state index in [0.717, 1.165) is 17.1 Å². The Balaban J connectivity index is 2.66. The van der Waals surface area contributed by atoms with Crippen LogP contribution in [0.1, 0.15) is 16.2 Å². The van der Waals surface area contributed by atoms with Gasteiger partial charge in [0.2, 0.25) is 0 Å². The molecule has 10 heteroatoms. The molecule has 0 aliphatic carbocycles.